The Morgan fingerprint density at radius 1 is 0.354 bits per heavy atom. The molecule has 9 atom stereocenters. The molecule has 0 bridgehead atoms. The van der Waals surface area contributed by atoms with E-state index in [0.717, 1.165) is 0 Å². The molecule has 21 heteroatoms. The predicted molar refractivity (Wildman–Crippen MR) is 289 cm³/mol. The van der Waals surface area contributed by atoms with Gasteiger partial charge in [-0.25, -0.2) is 0 Å². The van der Waals surface area contributed by atoms with E-state index in [2.05, 4.69) is 0 Å². The molecule has 4 heterocycles. The third-order valence-corrected chi connectivity index (χ3v) is 14.7. The standard InChI is InChI=1S/C61H62O21/c1-28(62)75-59-52-48-44(24-35(66-5)25-45(48)79-53(59)31-14-17-36(67-6)39(20-31)70-9)78-47-27-43(74-13)51-56(50(47)52)81-55(33-16-19-38(69-8)41(22-33)72-11)61(77-30(3)64)58(51)82-57-49-42(73-12)23-34(65-4)26-46(49)80-54(60(57)76-29(2)63)32-15-18-37(68-7)40(21-32)71-10/h14-27,52-55,57-61H,1-13H3. The molecule has 0 radical (unpaired) electrons. The van der Waals surface area contributed by atoms with E-state index in [0.29, 0.717) is 90.9 Å². The maximum Gasteiger partial charge on any atom is 0.303 e. The van der Waals surface area contributed by atoms with Crippen molar-refractivity contribution >= 4 is 17.9 Å². The molecule has 0 amide bonds. The zero-order valence-electron chi connectivity index (χ0n) is 47.4. The van der Waals surface area contributed by atoms with Gasteiger partial charge in [0, 0.05) is 78.9 Å². The number of benzene rings is 6. The summed E-state index contributed by atoms with van der Waals surface area (Å²) in [5, 5.41) is 0. The Morgan fingerprint density at radius 2 is 0.732 bits per heavy atom. The average Bonchev–Trinajstić information content (AvgIpc) is 1.91. The van der Waals surface area contributed by atoms with Crippen LogP contribution in [-0.4, -0.2) is 107 Å². The maximum atomic E-state index is 13.8. The summed E-state index contributed by atoms with van der Waals surface area (Å²) < 4.78 is 113. The van der Waals surface area contributed by atoms with Gasteiger partial charge in [-0.1, -0.05) is 18.2 Å². The van der Waals surface area contributed by atoms with Gasteiger partial charge in [-0.2, -0.15) is 0 Å². The maximum absolute atomic E-state index is 13.8. The minimum atomic E-state index is -1.44. The van der Waals surface area contributed by atoms with Crippen molar-refractivity contribution in [3.05, 3.63) is 124 Å². The molecule has 21 nitrogen and oxygen atoms in total. The van der Waals surface area contributed by atoms with E-state index in [1.165, 1.54) is 91.9 Å². The van der Waals surface area contributed by atoms with Crippen molar-refractivity contribution < 1.29 is 99.6 Å². The predicted octanol–water partition coefficient (Wildman–Crippen LogP) is 10.0. The monoisotopic (exact) mass is 1130 g/mol. The lowest BCUT2D eigenvalue weighted by Crippen LogP contribution is -2.45. The van der Waals surface area contributed by atoms with Crippen LogP contribution in [0, 0.1) is 0 Å². The fraction of sp³-hybridized carbons (Fsp3) is 0.361. The highest BCUT2D eigenvalue weighted by atomic mass is 16.6. The molecule has 0 aliphatic carbocycles. The molecule has 82 heavy (non-hydrogen) atoms. The summed E-state index contributed by atoms with van der Waals surface area (Å²) in [4.78, 5) is 41.2. The average molecular weight is 1130 g/mol. The van der Waals surface area contributed by atoms with Gasteiger partial charge >= 0.3 is 17.9 Å². The second-order valence-electron chi connectivity index (χ2n) is 19.3. The zero-order chi connectivity index (χ0) is 58.3. The molecule has 0 spiro atoms. The van der Waals surface area contributed by atoms with Gasteiger partial charge in [-0.05, 0) is 36.4 Å². The van der Waals surface area contributed by atoms with Crippen molar-refractivity contribution in [1.29, 1.82) is 0 Å². The Balaban J connectivity index is 1.28. The van der Waals surface area contributed by atoms with Crippen molar-refractivity contribution in [2.75, 3.05) is 71.1 Å². The van der Waals surface area contributed by atoms with E-state index in [9.17, 15) is 14.4 Å². The summed E-state index contributed by atoms with van der Waals surface area (Å²) in [7, 11) is 15.0. The molecule has 6 aromatic rings. The minimum Gasteiger partial charge on any atom is -0.496 e. The first kappa shape index (κ1) is 56.2. The number of carbonyl (C=O) groups is 3. The second kappa shape index (κ2) is 23.2. The Hall–Kier alpha value is -9.11. The largest absolute Gasteiger partial charge is 0.496 e. The van der Waals surface area contributed by atoms with Crippen LogP contribution >= 0.6 is 0 Å². The van der Waals surface area contributed by atoms with E-state index in [-0.39, 0.29) is 34.3 Å². The number of esters is 3. The Morgan fingerprint density at radius 3 is 1.18 bits per heavy atom. The van der Waals surface area contributed by atoms with Gasteiger partial charge in [0.05, 0.1) is 88.1 Å². The van der Waals surface area contributed by atoms with Crippen LogP contribution in [-0.2, 0) is 33.3 Å². The SMILES string of the molecule is COc1cc(OC)c2c(c1)OC(c1ccc(OC)c(OC)c1)C(OC(C)=O)C2OC1c2c(OC)cc3c(c2OC(c2ccc(OC)c(OC)c2)C1OC(C)=O)C1c2c(cc(OC)cc2OC(c2ccc(OC)c(OC)c2)C1OC(C)=O)O3. The normalized spacial score (nSPS) is 21.5. The molecule has 432 valence electrons. The molecule has 0 N–H and O–H groups in total. The lowest BCUT2D eigenvalue weighted by molar-refractivity contribution is -0.203. The number of fused-ring (bicyclic) bond motifs is 5. The summed E-state index contributed by atoms with van der Waals surface area (Å²) in [6, 6.07) is 23.9. The quantitative estimate of drug-likeness (QED) is 0.0577. The lowest BCUT2D eigenvalue weighted by atomic mass is 9.75. The summed E-state index contributed by atoms with van der Waals surface area (Å²) in [5.74, 6) is 1.72. The topological polar surface area (TPSA) is 217 Å². The van der Waals surface area contributed by atoms with Crippen LogP contribution in [0.15, 0.2) is 84.9 Å². The molecule has 0 fully saturated rings. The van der Waals surface area contributed by atoms with Gasteiger partial charge in [-0.15, -0.1) is 0 Å². The van der Waals surface area contributed by atoms with E-state index in [4.69, 9.17) is 85.3 Å². The Bertz CT molecular complexity index is 3430. The summed E-state index contributed by atoms with van der Waals surface area (Å²) >= 11 is 0. The first-order valence-electron chi connectivity index (χ1n) is 25.9. The van der Waals surface area contributed by atoms with E-state index >= 15 is 0 Å². The van der Waals surface area contributed by atoms with Gasteiger partial charge in [0.1, 0.15) is 64.0 Å². The Kier molecular flexibility index (Phi) is 15.9. The van der Waals surface area contributed by atoms with Crippen molar-refractivity contribution in [2.24, 2.45) is 0 Å². The smallest absolute Gasteiger partial charge is 0.303 e. The molecule has 0 saturated heterocycles. The molecule has 9 unspecified atom stereocenters. The van der Waals surface area contributed by atoms with Gasteiger partial charge in [-0.3, -0.25) is 14.4 Å². The van der Waals surface area contributed by atoms with Crippen molar-refractivity contribution in [3.8, 4) is 86.2 Å². The van der Waals surface area contributed by atoms with Gasteiger partial charge in [0.25, 0.3) is 0 Å². The number of hydrogen-bond donors (Lipinski definition) is 0. The number of hydrogen-bond acceptors (Lipinski definition) is 21. The molecule has 4 aliphatic heterocycles. The van der Waals surface area contributed by atoms with E-state index < -0.39 is 72.7 Å². The van der Waals surface area contributed by atoms with Gasteiger partial charge in [0.15, 0.2) is 71.1 Å². The molecular formula is C61H62O21. The molecule has 0 saturated carbocycles. The Labute approximate surface area is 472 Å². The molecule has 0 aromatic heterocycles. The summed E-state index contributed by atoms with van der Waals surface area (Å²) in [6.07, 6.45) is -10.1. The highest BCUT2D eigenvalue weighted by molar-refractivity contribution is 5.73. The number of carbonyl (C=O) groups excluding carboxylic acids is 3. The van der Waals surface area contributed by atoms with Gasteiger partial charge < -0.3 is 85.3 Å². The summed E-state index contributed by atoms with van der Waals surface area (Å²) in [5.41, 5.74) is 2.85. The number of rotatable bonds is 18. The second-order valence-corrected chi connectivity index (χ2v) is 19.3. The van der Waals surface area contributed by atoms with Crippen LogP contribution in [0.5, 0.6) is 86.2 Å². The number of methoxy groups -OCH3 is 10. The highest BCUT2D eigenvalue weighted by Gasteiger charge is 2.56. The molecule has 4 aliphatic rings. The fourth-order valence-electron chi connectivity index (χ4n) is 11.3. The van der Waals surface area contributed by atoms with Crippen LogP contribution in [0.1, 0.15) is 96.2 Å². The first-order chi connectivity index (χ1) is 39.6. The zero-order valence-corrected chi connectivity index (χ0v) is 47.4. The van der Waals surface area contributed by atoms with Crippen LogP contribution in [0.4, 0.5) is 0 Å². The lowest BCUT2D eigenvalue weighted by Gasteiger charge is -2.47. The van der Waals surface area contributed by atoms with Crippen LogP contribution in [0.3, 0.4) is 0 Å². The number of ether oxygens (including phenoxy) is 18. The third kappa shape index (κ3) is 10.0. The highest BCUT2D eigenvalue weighted by Crippen LogP contribution is 2.65. The summed E-state index contributed by atoms with van der Waals surface area (Å²) in [6.45, 7) is 3.83. The van der Waals surface area contributed by atoms with Crippen molar-refractivity contribution in [2.45, 2.75) is 75.5 Å². The van der Waals surface area contributed by atoms with E-state index in [1.54, 1.807) is 84.9 Å². The van der Waals surface area contributed by atoms with Gasteiger partial charge in [0.2, 0.25) is 0 Å². The van der Waals surface area contributed by atoms with Crippen LogP contribution < -0.4 is 66.3 Å². The third-order valence-electron chi connectivity index (χ3n) is 14.7. The van der Waals surface area contributed by atoms with Crippen molar-refractivity contribution in [3.63, 3.8) is 0 Å². The van der Waals surface area contributed by atoms with E-state index in [1.807, 2.05) is 0 Å². The minimum absolute atomic E-state index is 0.125. The first-order valence-corrected chi connectivity index (χ1v) is 25.9. The molecule has 6 aromatic carbocycles. The molecule has 10 rings (SSSR count). The van der Waals surface area contributed by atoms with Crippen LogP contribution in [0.2, 0.25) is 0 Å². The molecular weight excluding hydrogens is 1070 g/mol. The van der Waals surface area contributed by atoms with Crippen LogP contribution in [0.25, 0.3) is 0 Å². The van der Waals surface area contributed by atoms with Crippen molar-refractivity contribution in [1.82, 2.24) is 0 Å². The fourth-order valence-corrected chi connectivity index (χ4v) is 11.3.